The Bertz CT molecular complexity index is 1930. The lowest BCUT2D eigenvalue weighted by atomic mass is 9.90. The zero-order chi connectivity index (χ0) is 39.5. The molecular weight excluding hydrogens is 697 g/mol. The van der Waals surface area contributed by atoms with Crippen LogP contribution in [0.15, 0.2) is 53.3 Å². The van der Waals surface area contributed by atoms with Crippen molar-refractivity contribution in [2.45, 2.75) is 160 Å². The van der Waals surface area contributed by atoms with Gasteiger partial charge in [-0.1, -0.05) is 133 Å². The molecule has 56 heavy (non-hydrogen) atoms. The average Bonchev–Trinajstić information content (AvgIpc) is 3.78. The van der Waals surface area contributed by atoms with Gasteiger partial charge in [-0.05, 0) is 67.8 Å². The maximum absolute atomic E-state index is 14.5. The monoisotopic (exact) mass is 765 g/mol. The minimum absolute atomic E-state index is 0.112. The molecule has 0 saturated carbocycles. The number of hydrogen-bond acceptors (Lipinski definition) is 6. The largest absolute Gasteiger partial charge is 0.388 e. The van der Waals surface area contributed by atoms with Gasteiger partial charge in [0.2, 0.25) is 5.91 Å². The molecule has 1 aliphatic carbocycles. The Morgan fingerprint density at radius 2 is 1.55 bits per heavy atom. The van der Waals surface area contributed by atoms with Crippen molar-refractivity contribution in [3.05, 3.63) is 81.4 Å². The number of piperidine rings is 1. The Labute approximate surface area is 335 Å². The Hall–Kier alpha value is -3.82. The van der Waals surface area contributed by atoms with Gasteiger partial charge in [0, 0.05) is 44.6 Å². The highest BCUT2D eigenvalue weighted by Crippen LogP contribution is 2.36. The van der Waals surface area contributed by atoms with Gasteiger partial charge >= 0.3 is 0 Å². The van der Waals surface area contributed by atoms with Crippen molar-refractivity contribution in [2.75, 3.05) is 20.1 Å². The minimum Gasteiger partial charge on any atom is -0.388 e. The second kappa shape index (κ2) is 20.0. The van der Waals surface area contributed by atoms with E-state index in [-0.39, 0.29) is 23.9 Å². The first kappa shape index (κ1) is 41.8. The Morgan fingerprint density at radius 1 is 0.911 bits per heavy atom. The summed E-state index contributed by atoms with van der Waals surface area (Å²) in [5.74, 6) is 0.958. The van der Waals surface area contributed by atoms with E-state index in [9.17, 15) is 14.7 Å². The third kappa shape index (κ3) is 10.4. The number of likely N-dealkylation sites (tertiary alicyclic amines) is 1. The van der Waals surface area contributed by atoms with E-state index in [0.29, 0.717) is 55.8 Å². The highest BCUT2D eigenvalue weighted by molar-refractivity contribution is 5.89. The smallest absolute Gasteiger partial charge is 0.282 e. The first-order chi connectivity index (χ1) is 27.2. The average molecular weight is 765 g/mol. The molecule has 1 saturated heterocycles. The number of fused-ring (bicyclic) bond motifs is 2. The molecule has 0 radical (unpaired) electrons. The molecule has 2 aromatic heterocycles. The summed E-state index contributed by atoms with van der Waals surface area (Å²) in [5, 5.41) is 20.2. The van der Waals surface area contributed by atoms with Gasteiger partial charge in [0.05, 0.1) is 17.8 Å². The molecule has 9 heteroatoms. The van der Waals surface area contributed by atoms with Gasteiger partial charge in [0.25, 0.3) is 5.56 Å². The molecule has 2 atom stereocenters. The third-order valence-electron chi connectivity index (χ3n) is 12.7. The molecular formula is C47H68N6O3. The Kier molecular flexibility index (Phi) is 15.0. The summed E-state index contributed by atoms with van der Waals surface area (Å²) in [4.78, 5) is 34.9. The number of aryl methyl sites for hydroxylation is 3. The number of benzene rings is 2. The molecule has 1 aliphatic heterocycles. The molecule has 3 heterocycles. The number of carbonyl (C=O) groups is 1. The van der Waals surface area contributed by atoms with E-state index in [1.807, 2.05) is 37.2 Å². The van der Waals surface area contributed by atoms with Crippen molar-refractivity contribution in [1.29, 1.82) is 0 Å². The molecule has 1 amide bonds. The van der Waals surface area contributed by atoms with Crippen LogP contribution in [-0.2, 0) is 31.2 Å². The molecule has 4 aromatic rings. The summed E-state index contributed by atoms with van der Waals surface area (Å²) in [5.41, 5.74) is 5.39. The first-order valence-electron chi connectivity index (χ1n) is 22.0. The number of aromatic nitrogens is 4. The van der Waals surface area contributed by atoms with Crippen LogP contribution in [0.3, 0.4) is 0 Å². The van der Waals surface area contributed by atoms with Crippen LogP contribution in [0.1, 0.15) is 157 Å². The van der Waals surface area contributed by atoms with Gasteiger partial charge in [-0.25, -0.2) is 4.98 Å². The summed E-state index contributed by atoms with van der Waals surface area (Å²) in [6.07, 6.45) is 20.6. The molecule has 0 spiro atoms. The maximum Gasteiger partial charge on any atom is 0.282 e. The number of rotatable bonds is 21. The normalized spacial score (nSPS) is 17.1. The van der Waals surface area contributed by atoms with Crippen LogP contribution in [-0.4, -0.2) is 61.0 Å². The first-order valence-corrected chi connectivity index (χ1v) is 22.0. The lowest BCUT2D eigenvalue weighted by molar-refractivity contribution is -0.136. The van der Waals surface area contributed by atoms with E-state index >= 15 is 0 Å². The van der Waals surface area contributed by atoms with Crippen LogP contribution < -0.4 is 10.9 Å². The van der Waals surface area contributed by atoms with Gasteiger partial charge in [-0.3, -0.25) is 18.8 Å². The summed E-state index contributed by atoms with van der Waals surface area (Å²) < 4.78 is 3.52. The van der Waals surface area contributed by atoms with Gasteiger partial charge < -0.3 is 15.3 Å². The van der Waals surface area contributed by atoms with Crippen molar-refractivity contribution in [3.8, 4) is 11.3 Å². The van der Waals surface area contributed by atoms with Gasteiger partial charge in [0.15, 0.2) is 5.52 Å². The topological polar surface area (TPSA) is 105 Å². The molecule has 6 rings (SSSR count). The molecule has 2 aliphatic rings. The highest BCUT2D eigenvalue weighted by Gasteiger charge is 2.36. The summed E-state index contributed by atoms with van der Waals surface area (Å²) in [6, 6.07) is 17.1. The SMILES string of the molecule is CCCCCCCCCCCCCCCc1nc2c(-c3ccc4c(c3)CCC4NC)n(C)nc2c(=O)n1CC1(O)CCN(C(=O)C[C@@H](C)c2ccccc2)CC1. The predicted octanol–water partition coefficient (Wildman–Crippen LogP) is 9.18. The lowest BCUT2D eigenvalue weighted by Gasteiger charge is -2.39. The van der Waals surface area contributed by atoms with Crippen LogP contribution in [0.25, 0.3) is 22.3 Å². The van der Waals surface area contributed by atoms with Crippen molar-refractivity contribution >= 4 is 16.9 Å². The van der Waals surface area contributed by atoms with Crippen LogP contribution in [0.4, 0.5) is 0 Å². The summed E-state index contributed by atoms with van der Waals surface area (Å²) >= 11 is 0. The van der Waals surface area contributed by atoms with Crippen LogP contribution in [0.5, 0.6) is 0 Å². The van der Waals surface area contributed by atoms with Crippen LogP contribution in [0.2, 0.25) is 0 Å². The number of aliphatic hydroxyl groups is 1. The van der Waals surface area contributed by atoms with Gasteiger partial charge in [-0.15, -0.1) is 0 Å². The lowest BCUT2D eigenvalue weighted by Crippen LogP contribution is -2.50. The van der Waals surface area contributed by atoms with E-state index in [1.165, 1.54) is 81.8 Å². The zero-order valence-corrected chi connectivity index (χ0v) is 34.8. The van der Waals surface area contributed by atoms with Crippen molar-refractivity contribution in [1.82, 2.24) is 29.5 Å². The fourth-order valence-corrected chi connectivity index (χ4v) is 9.16. The maximum atomic E-state index is 14.5. The number of unbranched alkanes of at least 4 members (excludes halogenated alkanes) is 12. The van der Waals surface area contributed by atoms with Gasteiger partial charge in [0.1, 0.15) is 11.3 Å². The fraction of sp³-hybridized carbons (Fsp3) is 0.617. The second-order valence-corrected chi connectivity index (χ2v) is 17.0. The minimum atomic E-state index is -1.12. The highest BCUT2D eigenvalue weighted by atomic mass is 16.3. The van der Waals surface area contributed by atoms with E-state index in [2.05, 4.69) is 49.5 Å². The molecule has 9 nitrogen and oxygen atoms in total. The second-order valence-electron chi connectivity index (χ2n) is 17.0. The van der Waals surface area contributed by atoms with Crippen molar-refractivity contribution in [3.63, 3.8) is 0 Å². The van der Waals surface area contributed by atoms with Crippen molar-refractivity contribution < 1.29 is 9.90 Å². The van der Waals surface area contributed by atoms with E-state index in [4.69, 9.17) is 10.1 Å². The molecule has 304 valence electrons. The number of nitrogens with one attached hydrogen (secondary N) is 1. The molecule has 2 N–H and O–H groups in total. The standard InChI is InChI=1S/C47H68N6O3/c1-5-6-7-8-9-10-11-12-13-14-15-16-20-23-41-49-43-44(50-51(4)45(43)38-24-26-39-37(33-38)25-27-40(39)48-3)46(55)53(41)34-47(56)28-30-52(31-29-47)42(54)32-35(2)36-21-18-17-19-22-36/h17-19,21-22,24,26,33,35,40,48,56H,5-16,20,23,25,27-32,34H2,1-4H3/t35-,40?/m1/s1. The number of amides is 1. The van der Waals surface area contributed by atoms with E-state index in [1.54, 1.807) is 9.25 Å². The summed E-state index contributed by atoms with van der Waals surface area (Å²) in [7, 11) is 3.92. The summed E-state index contributed by atoms with van der Waals surface area (Å²) in [6.45, 7) is 5.45. The molecule has 1 fully saturated rings. The van der Waals surface area contributed by atoms with E-state index in [0.717, 1.165) is 48.3 Å². The number of carbonyl (C=O) groups excluding carboxylic acids is 1. The quantitative estimate of drug-likeness (QED) is 0.0821. The third-order valence-corrected chi connectivity index (χ3v) is 12.7. The number of hydrogen-bond donors (Lipinski definition) is 2. The van der Waals surface area contributed by atoms with Gasteiger partial charge in [-0.2, -0.15) is 5.10 Å². The predicted molar refractivity (Wildman–Crippen MR) is 228 cm³/mol. The van der Waals surface area contributed by atoms with Crippen LogP contribution >= 0.6 is 0 Å². The molecule has 1 unspecified atom stereocenters. The Balaban J connectivity index is 1.14. The van der Waals surface area contributed by atoms with Crippen molar-refractivity contribution in [2.24, 2.45) is 7.05 Å². The fourth-order valence-electron chi connectivity index (χ4n) is 9.16. The molecule has 0 bridgehead atoms. The molecule has 2 aromatic carbocycles. The zero-order valence-electron chi connectivity index (χ0n) is 34.8. The Morgan fingerprint density at radius 3 is 2.20 bits per heavy atom. The number of nitrogens with zero attached hydrogens (tertiary/aromatic N) is 5. The van der Waals surface area contributed by atoms with E-state index < -0.39 is 5.60 Å². The van der Waals surface area contributed by atoms with Crippen LogP contribution in [0, 0.1) is 0 Å².